The molecule has 1 aromatic rings. The molecule has 1 aromatic carbocycles. The van der Waals surface area contributed by atoms with Crippen LogP contribution in [-0.2, 0) is 0 Å². The average Bonchev–Trinajstić information content (AvgIpc) is 3.45. The van der Waals surface area contributed by atoms with Gasteiger partial charge >= 0.3 is 0 Å². The summed E-state index contributed by atoms with van der Waals surface area (Å²) in [6.07, 6.45) is 12.7. The SMILES string of the molecule is COc1cc2c(cc1OCCCN1CCCC1)NC(C1CCCCC1)N=C2NC1CCN(C(C)C)CC1. The van der Waals surface area contributed by atoms with Crippen LogP contribution in [0.3, 0.4) is 0 Å². The van der Waals surface area contributed by atoms with Gasteiger partial charge in [0.1, 0.15) is 12.0 Å². The summed E-state index contributed by atoms with van der Waals surface area (Å²) < 4.78 is 12.1. The fourth-order valence-corrected chi connectivity index (χ4v) is 6.57. The van der Waals surface area contributed by atoms with Crippen LogP contribution in [0.25, 0.3) is 0 Å². The molecule has 3 heterocycles. The van der Waals surface area contributed by atoms with Crippen LogP contribution in [0.4, 0.5) is 5.69 Å². The molecule has 37 heavy (non-hydrogen) atoms. The van der Waals surface area contributed by atoms with E-state index in [9.17, 15) is 0 Å². The van der Waals surface area contributed by atoms with Gasteiger partial charge in [0.2, 0.25) is 0 Å². The standard InChI is InChI=1S/C30H49N5O2/c1-22(2)35-17-12-24(13-18-35)31-30-25-20-27(36-3)28(37-19-9-16-34-14-7-8-15-34)21-26(25)32-29(33-30)23-10-5-4-6-11-23/h20-24,29,32H,4-19H2,1-3H3,(H,31,33). The number of methoxy groups -OCH3 is 1. The van der Waals surface area contributed by atoms with Gasteiger partial charge in [-0.2, -0.15) is 0 Å². The van der Waals surface area contributed by atoms with Gasteiger partial charge in [-0.25, -0.2) is 4.99 Å². The van der Waals surface area contributed by atoms with Crippen molar-refractivity contribution in [1.29, 1.82) is 0 Å². The summed E-state index contributed by atoms with van der Waals surface area (Å²) in [6, 6.07) is 5.37. The highest BCUT2D eigenvalue weighted by Crippen LogP contribution is 2.38. The van der Waals surface area contributed by atoms with Gasteiger partial charge < -0.3 is 29.9 Å². The first-order chi connectivity index (χ1) is 18.1. The third-order valence-electron chi connectivity index (χ3n) is 8.90. The highest BCUT2D eigenvalue weighted by Gasteiger charge is 2.31. The predicted molar refractivity (Wildman–Crippen MR) is 152 cm³/mol. The normalized spacial score (nSPS) is 24.0. The minimum absolute atomic E-state index is 0.127. The zero-order valence-electron chi connectivity index (χ0n) is 23.4. The summed E-state index contributed by atoms with van der Waals surface area (Å²) >= 11 is 0. The molecule has 7 heteroatoms. The maximum Gasteiger partial charge on any atom is 0.163 e. The fourth-order valence-electron chi connectivity index (χ4n) is 6.57. The Hall–Kier alpha value is -1.99. The molecular weight excluding hydrogens is 462 g/mol. The van der Waals surface area contributed by atoms with Crippen LogP contribution < -0.4 is 20.1 Å². The lowest BCUT2D eigenvalue weighted by Gasteiger charge is -2.37. The number of hydrogen-bond acceptors (Lipinski definition) is 7. The van der Waals surface area contributed by atoms with Gasteiger partial charge in [-0.05, 0) is 83.9 Å². The number of aliphatic imine (C=N–C) groups is 1. The molecule has 5 rings (SSSR count). The minimum atomic E-state index is 0.127. The number of nitrogens with zero attached hydrogens (tertiary/aromatic N) is 3. The molecule has 2 saturated heterocycles. The number of nitrogens with one attached hydrogen (secondary N) is 2. The van der Waals surface area contributed by atoms with E-state index in [4.69, 9.17) is 14.5 Å². The molecule has 3 fully saturated rings. The Morgan fingerprint density at radius 2 is 1.73 bits per heavy atom. The summed E-state index contributed by atoms with van der Waals surface area (Å²) in [5.41, 5.74) is 2.24. The Labute approximate surface area is 224 Å². The zero-order chi connectivity index (χ0) is 25.6. The molecule has 0 spiro atoms. The van der Waals surface area contributed by atoms with Gasteiger partial charge in [-0.15, -0.1) is 0 Å². The number of rotatable bonds is 9. The molecule has 1 atom stereocenters. The first-order valence-electron chi connectivity index (χ1n) is 15.0. The Bertz CT molecular complexity index is 899. The number of piperidine rings is 1. The van der Waals surface area contributed by atoms with Crippen LogP contribution in [0.15, 0.2) is 17.1 Å². The summed E-state index contributed by atoms with van der Waals surface area (Å²) in [5.74, 6) is 3.26. The molecular formula is C30H49N5O2. The quantitative estimate of drug-likeness (QED) is 0.450. The second-order valence-electron chi connectivity index (χ2n) is 11.8. The molecule has 4 aliphatic rings. The third kappa shape index (κ3) is 6.72. The van der Waals surface area contributed by atoms with Crippen molar-refractivity contribution in [1.82, 2.24) is 15.1 Å². The van der Waals surface area contributed by atoms with Gasteiger partial charge in [0.25, 0.3) is 0 Å². The topological polar surface area (TPSA) is 61.4 Å². The number of ether oxygens (including phenoxy) is 2. The van der Waals surface area contributed by atoms with Gasteiger partial charge in [-0.3, -0.25) is 0 Å². The lowest BCUT2D eigenvalue weighted by atomic mass is 9.86. The number of amidine groups is 1. The van der Waals surface area contributed by atoms with E-state index in [2.05, 4.69) is 46.4 Å². The van der Waals surface area contributed by atoms with Crippen molar-refractivity contribution in [3.63, 3.8) is 0 Å². The van der Waals surface area contributed by atoms with Crippen molar-refractivity contribution in [2.24, 2.45) is 10.9 Å². The van der Waals surface area contributed by atoms with Crippen LogP contribution in [-0.4, -0.2) is 80.3 Å². The first-order valence-corrected chi connectivity index (χ1v) is 15.0. The van der Waals surface area contributed by atoms with E-state index >= 15 is 0 Å². The van der Waals surface area contributed by atoms with Gasteiger partial charge in [0.15, 0.2) is 11.5 Å². The largest absolute Gasteiger partial charge is 0.493 e. The van der Waals surface area contributed by atoms with Crippen molar-refractivity contribution in [3.05, 3.63) is 17.7 Å². The number of hydrogen-bond donors (Lipinski definition) is 2. The van der Waals surface area contributed by atoms with Crippen molar-refractivity contribution >= 4 is 11.5 Å². The number of anilines is 1. The van der Waals surface area contributed by atoms with Crippen LogP contribution in [0.5, 0.6) is 11.5 Å². The Kier molecular flexibility index (Phi) is 9.14. The highest BCUT2D eigenvalue weighted by atomic mass is 16.5. The Morgan fingerprint density at radius 1 is 0.973 bits per heavy atom. The van der Waals surface area contributed by atoms with Crippen LogP contribution in [0.1, 0.15) is 83.6 Å². The molecule has 206 valence electrons. The molecule has 0 aromatic heterocycles. The summed E-state index contributed by atoms with van der Waals surface area (Å²) in [6.45, 7) is 11.2. The second kappa shape index (κ2) is 12.7. The lowest BCUT2D eigenvalue weighted by Crippen LogP contribution is -2.48. The predicted octanol–water partition coefficient (Wildman–Crippen LogP) is 5.10. The monoisotopic (exact) mass is 511 g/mol. The van der Waals surface area contributed by atoms with Crippen molar-refractivity contribution in [2.45, 2.75) is 96.3 Å². The van der Waals surface area contributed by atoms with E-state index in [1.165, 1.54) is 58.0 Å². The number of benzene rings is 1. The van der Waals surface area contributed by atoms with E-state index in [1.807, 2.05) is 0 Å². The smallest absolute Gasteiger partial charge is 0.163 e. The molecule has 0 bridgehead atoms. The number of fused-ring (bicyclic) bond motifs is 1. The first kappa shape index (κ1) is 26.6. The van der Waals surface area contributed by atoms with E-state index in [0.29, 0.717) is 24.6 Å². The van der Waals surface area contributed by atoms with Gasteiger partial charge in [-0.1, -0.05) is 19.3 Å². The van der Waals surface area contributed by atoms with Crippen LogP contribution >= 0.6 is 0 Å². The van der Waals surface area contributed by atoms with E-state index in [1.54, 1.807) is 7.11 Å². The molecule has 2 N–H and O–H groups in total. The zero-order valence-corrected chi connectivity index (χ0v) is 23.4. The average molecular weight is 512 g/mol. The fraction of sp³-hybridized carbons (Fsp3) is 0.767. The Balaban J connectivity index is 1.31. The Morgan fingerprint density at radius 3 is 2.43 bits per heavy atom. The molecule has 1 saturated carbocycles. The molecule has 1 aliphatic carbocycles. The van der Waals surface area contributed by atoms with Crippen molar-refractivity contribution in [3.8, 4) is 11.5 Å². The molecule has 0 amide bonds. The lowest BCUT2D eigenvalue weighted by molar-refractivity contribution is 0.167. The second-order valence-corrected chi connectivity index (χ2v) is 11.8. The molecule has 0 radical (unpaired) electrons. The van der Waals surface area contributed by atoms with E-state index in [0.717, 1.165) is 67.5 Å². The maximum absolute atomic E-state index is 6.30. The summed E-state index contributed by atoms with van der Waals surface area (Å²) in [5, 5.41) is 7.68. The van der Waals surface area contributed by atoms with Crippen LogP contribution in [0.2, 0.25) is 0 Å². The van der Waals surface area contributed by atoms with E-state index < -0.39 is 0 Å². The van der Waals surface area contributed by atoms with Gasteiger partial charge in [0, 0.05) is 43.3 Å². The minimum Gasteiger partial charge on any atom is -0.493 e. The number of likely N-dealkylation sites (tertiary alicyclic amines) is 2. The van der Waals surface area contributed by atoms with Crippen molar-refractivity contribution < 1.29 is 9.47 Å². The third-order valence-corrected chi connectivity index (χ3v) is 8.90. The van der Waals surface area contributed by atoms with Gasteiger partial charge in [0.05, 0.1) is 19.4 Å². The summed E-state index contributed by atoms with van der Waals surface area (Å²) in [7, 11) is 1.74. The maximum atomic E-state index is 6.30. The van der Waals surface area contributed by atoms with Crippen LogP contribution in [0, 0.1) is 5.92 Å². The molecule has 1 unspecified atom stereocenters. The molecule has 7 nitrogen and oxygen atoms in total. The van der Waals surface area contributed by atoms with E-state index in [-0.39, 0.29) is 6.17 Å². The van der Waals surface area contributed by atoms with Crippen molar-refractivity contribution in [2.75, 3.05) is 51.8 Å². The molecule has 3 aliphatic heterocycles. The summed E-state index contributed by atoms with van der Waals surface area (Å²) in [4.78, 5) is 10.4. The highest BCUT2D eigenvalue weighted by molar-refractivity contribution is 6.06.